The number of para-hydroxylation sites is 1. The fourth-order valence-electron chi connectivity index (χ4n) is 3.52. The van der Waals surface area contributed by atoms with Crippen LogP contribution in [0.15, 0.2) is 60.7 Å². The summed E-state index contributed by atoms with van der Waals surface area (Å²) in [5.74, 6) is 0. The number of methoxy groups -OCH3 is 1. The minimum absolute atomic E-state index is 0.522. The van der Waals surface area contributed by atoms with Crippen LogP contribution < -0.4 is 11.2 Å². The van der Waals surface area contributed by atoms with Crippen molar-refractivity contribution in [3.8, 4) is 11.1 Å². The van der Waals surface area contributed by atoms with Gasteiger partial charge in [-0.15, -0.1) is 0 Å². The number of hydrogen-bond acceptors (Lipinski definition) is 3. The smallest absolute Gasteiger partial charge is 0.426 e. The highest BCUT2D eigenvalue weighted by Gasteiger charge is 2.20. The summed E-state index contributed by atoms with van der Waals surface area (Å²) in [6.07, 6.45) is -0.522. The maximum Gasteiger partial charge on any atom is 0.426 e. The maximum absolute atomic E-state index is 11.9. The minimum atomic E-state index is -0.522. The van der Waals surface area contributed by atoms with Crippen molar-refractivity contribution in [2.45, 2.75) is 6.92 Å². The maximum atomic E-state index is 11.9. The number of carbonyl (C=O) groups is 1. The SMILES string of the molecule is COC(=O)Nn1c(C)c(-c2ccccc2N)c2c3ccccc3ccc21. The molecule has 0 bridgehead atoms. The zero-order valence-electron chi connectivity index (χ0n) is 14.6. The van der Waals surface area contributed by atoms with Crippen LogP contribution in [-0.4, -0.2) is 17.9 Å². The van der Waals surface area contributed by atoms with Gasteiger partial charge < -0.3 is 10.5 Å². The van der Waals surface area contributed by atoms with Crippen molar-refractivity contribution >= 4 is 33.5 Å². The van der Waals surface area contributed by atoms with Crippen molar-refractivity contribution in [2.24, 2.45) is 0 Å². The Morgan fingerprint density at radius 3 is 2.54 bits per heavy atom. The summed E-state index contributed by atoms with van der Waals surface area (Å²) in [4.78, 5) is 11.9. The topological polar surface area (TPSA) is 69.3 Å². The second-order valence-electron chi connectivity index (χ2n) is 6.17. The Kier molecular flexibility index (Phi) is 3.77. The number of fused-ring (bicyclic) bond motifs is 3. The van der Waals surface area contributed by atoms with E-state index in [1.54, 1.807) is 4.68 Å². The number of nitrogen functional groups attached to an aromatic ring is 1. The average molecular weight is 345 g/mol. The first-order valence-electron chi connectivity index (χ1n) is 8.34. The van der Waals surface area contributed by atoms with E-state index in [1.807, 2.05) is 55.5 Å². The van der Waals surface area contributed by atoms with Gasteiger partial charge in [0.05, 0.1) is 12.6 Å². The first-order chi connectivity index (χ1) is 12.6. The third-order valence-electron chi connectivity index (χ3n) is 4.71. The van der Waals surface area contributed by atoms with Gasteiger partial charge in [-0.25, -0.2) is 10.2 Å². The highest BCUT2D eigenvalue weighted by molar-refractivity contribution is 6.16. The molecule has 0 aliphatic carbocycles. The lowest BCUT2D eigenvalue weighted by Crippen LogP contribution is -2.23. The summed E-state index contributed by atoms with van der Waals surface area (Å²) in [6.45, 7) is 1.96. The molecule has 0 saturated carbocycles. The first kappa shape index (κ1) is 16.0. The van der Waals surface area contributed by atoms with Crippen LogP contribution in [0.2, 0.25) is 0 Å². The molecule has 3 N–H and O–H groups in total. The van der Waals surface area contributed by atoms with Gasteiger partial charge in [0, 0.05) is 27.9 Å². The van der Waals surface area contributed by atoms with Crippen molar-refractivity contribution in [2.75, 3.05) is 18.3 Å². The van der Waals surface area contributed by atoms with Crippen molar-refractivity contribution in [1.82, 2.24) is 4.68 Å². The molecule has 1 aromatic heterocycles. The van der Waals surface area contributed by atoms with Gasteiger partial charge in [-0.05, 0) is 29.8 Å². The number of aromatic nitrogens is 1. The highest BCUT2D eigenvalue weighted by Crippen LogP contribution is 2.40. The molecule has 3 aromatic carbocycles. The van der Waals surface area contributed by atoms with Gasteiger partial charge in [-0.3, -0.25) is 4.68 Å². The van der Waals surface area contributed by atoms with Crippen molar-refractivity contribution < 1.29 is 9.53 Å². The van der Waals surface area contributed by atoms with E-state index in [0.29, 0.717) is 5.69 Å². The number of amides is 1. The Labute approximate surface area is 151 Å². The molecule has 26 heavy (non-hydrogen) atoms. The standard InChI is InChI=1S/C21H19N3O2/c1-13-19(16-9-5-6-10-17(16)22)20-15-8-4-3-7-14(15)11-12-18(20)24(13)23-21(25)26-2/h3-12H,22H2,1-2H3,(H,23,25). The van der Waals surface area contributed by atoms with Gasteiger partial charge in [0.1, 0.15) is 0 Å². The summed E-state index contributed by atoms with van der Waals surface area (Å²) in [6, 6.07) is 20.0. The monoisotopic (exact) mass is 345 g/mol. The second-order valence-corrected chi connectivity index (χ2v) is 6.17. The van der Waals surface area contributed by atoms with Gasteiger partial charge in [0.15, 0.2) is 0 Å². The number of nitrogens with two attached hydrogens (primary N) is 1. The molecule has 0 atom stereocenters. The predicted molar refractivity (Wildman–Crippen MR) is 106 cm³/mol. The van der Waals surface area contributed by atoms with Crippen LogP contribution in [0.25, 0.3) is 32.8 Å². The highest BCUT2D eigenvalue weighted by atomic mass is 16.5. The Morgan fingerprint density at radius 2 is 1.77 bits per heavy atom. The van der Waals surface area contributed by atoms with Crippen LogP contribution >= 0.6 is 0 Å². The zero-order chi connectivity index (χ0) is 18.3. The molecule has 0 aliphatic heterocycles. The Morgan fingerprint density at radius 1 is 1.04 bits per heavy atom. The summed E-state index contributed by atoms with van der Waals surface area (Å²) in [5.41, 5.74) is 13.5. The van der Waals surface area contributed by atoms with E-state index in [-0.39, 0.29) is 0 Å². The molecular formula is C21H19N3O2. The molecule has 0 unspecified atom stereocenters. The minimum Gasteiger partial charge on any atom is -0.452 e. The average Bonchev–Trinajstić information content (AvgIpc) is 2.94. The fourth-order valence-corrected chi connectivity index (χ4v) is 3.52. The lowest BCUT2D eigenvalue weighted by Gasteiger charge is -2.10. The van der Waals surface area contributed by atoms with Crippen LogP contribution in [0.3, 0.4) is 0 Å². The fraction of sp³-hybridized carbons (Fsp3) is 0.0952. The summed E-state index contributed by atoms with van der Waals surface area (Å²) >= 11 is 0. The molecule has 0 radical (unpaired) electrons. The van der Waals surface area contributed by atoms with E-state index in [2.05, 4.69) is 17.6 Å². The number of ether oxygens (including phenoxy) is 1. The van der Waals surface area contributed by atoms with E-state index >= 15 is 0 Å². The number of rotatable bonds is 2. The molecule has 5 nitrogen and oxygen atoms in total. The predicted octanol–water partition coefficient (Wildman–Crippen LogP) is 4.66. The number of benzene rings is 3. The van der Waals surface area contributed by atoms with Crippen molar-refractivity contribution in [3.63, 3.8) is 0 Å². The van der Waals surface area contributed by atoms with Gasteiger partial charge >= 0.3 is 6.09 Å². The van der Waals surface area contributed by atoms with Crippen molar-refractivity contribution in [1.29, 1.82) is 0 Å². The zero-order valence-corrected chi connectivity index (χ0v) is 14.6. The first-order valence-corrected chi connectivity index (χ1v) is 8.34. The molecule has 4 rings (SSSR count). The second kappa shape index (κ2) is 6.11. The molecule has 5 heteroatoms. The quantitative estimate of drug-likeness (QED) is 0.519. The third kappa shape index (κ3) is 2.37. The molecule has 0 aliphatic rings. The van der Waals surface area contributed by atoms with Gasteiger partial charge in [-0.1, -0.05) is 48.5 Å². The van der Waals surface area contributed by atoms with E-state index in [1.165, 1.54) is 7.11 Å². The Hall–Kier alpha value is -3.47. The number of nitrogens with one attached hydrogen (secondary N) is 1. The summed E-state index contributed by atoms with van der Waals surface area (Å²) in [5, 5.41) is 3.29. The van der Waals surface area contributed by atoms with Gasteiger partial charge in [0.2, 0.25) is 0 Å². The molecule has 1 heterocycles. The summed E-state index contributed by atoms with van der Waals surface area (Å²) < 4.78 is 6.55. The molecule has 1 amide bonds. The van der Waals surface area contributed by atoms with Gasteiger partial charge in [0.25, 0.3) is 0 Å². The normalized spacial score (nSPS) is 11.0. The number of anilines is 1. The lowest BCUT2D eigenvalue weighted by molar-refractivity contribution is 0.183. The number of nitrogens with zero attached hydrogens (tertiary/aromatic N) is 1. The van der Waals surface area contributed by atoms with Crippen molar-refractivity contribution in [3.05, 3.63) is 66.4 Å². The van der Waals surface area contributed by atoms with Crippen LogP contribution in [0.5, 0.6) is 0 Å². The van der Waals surface area contributed by atoms with Crippen LogP contribution in [-0.2, 0) is 4.74 Å². The molecule has 130 valence electrons. The lowest BCUT2D eigenvalue weighted by atomic mass is 9.97. The van der Waals surface area contributed by atoms with E-state index in [9.17, 15) is 4.79 Å². The largest absolute Gasteiger partial charge is 0.452 e. The number of hydrogen-bond donors (Lipinski definition) is 2. The summed E-state index contributed by atoms with van der Waals surface area (Å²) in [7, 11) is 1.35. The Bertz CT molecular complexity index is 1140. The van der Waals surface area contributed by atoms with Gasteiger partial charge in [-0.2, -0.15) is 0 Å². The molecule has 4 aromatic rings. The van der Waals surface area contributed by atoms with Crippen LogP contribution in [0.1, 0.15) is 5.69 Å². The number of carbonyl (C=O) groups excluding carboxylic acids is 1. The van der Waals surface area contributed by atoms with E-state index in [0.717, 1.165) is 38.5 Å². The Balaban J connectivity index is 2.15. The van der Waals surface area contributed by atoms with E-state index < -0.39 is 6.09 Å². The van der Waals surface area contributed by atoms with Crippen LogP contribution in [0.4, 0.5) is 10.5 Å². The third-order valence-corrected chi connectivity index (χ3v) is 4.71. The molecule has 0 fully saturated rings. The molecular weight excluding hydrogens is 326 g/mol. The van der Waals surface area contributed by atoms with E-state index in [4.69, 9.17) is 10.5 Å². The van der Waals surface area contributed by atoms with Crippen LogP contribution in [0, 0.1) is 6.92 Å². The molecule has 0 saturated heterocycles. The molecule has 0 spiro atoms.